The molecule has 138 valence electrons. The minimum Gasteiger partial charge on any atom is -0.324 e. The van der Waals surface area contributed by atoms with E-state index in [1.54, 1.807) is 16.7 Å². The molecule has 5 nitrogen and oxygen atoms in total. The lowest BCUT2D eigenvalue weighted by Crippen LogP contribution is -2.41. The van der Waals surface area contributed by atoms with Crippen LogP contribution in [0.5, 0.6) is 0 Å². The number of para-hydroxylation sites is 2. The maximum atomic E-state index is 13.1. The van der Waals surface area contributed by atoms with Crippen LogP contribution in [0.1, 0.15) is 19.3 Å². The van der Waals surface area contributed by atoms with Crippen LogP contribution < -0.4 is 10.2 Å². The van der Waals surface area contributed by atoms with Gasteiger partial charge in [0.2, 0.25) is 11.8 Å². The van der Waals surface area contributed by atoms with Crippen LogP contribution in [-0.4, -0.2) is 30.3 Å². The van der Waals surface area contributed by atoms with Gasteiger partial charge in [-0.15, -0.1) is 11.8 Å². The second kappa shape index (κ2) is 7.56. The van der Waals surface area contributed by atoms with Gasteiger partial charge in [0.15, 0.2) is 0 Å². The van der Waals surface area contributed by atoms with Crippen molar-refractivity contribution in [2.45, 2.75) is 24.2 Å². The first-order valence-corrected chi connectivity index (χ1v) is 10.3. The molecule has 4 rings (SSSR count). The number of aliphatic imine (C=N–C) groups is 1. The Kier molecular flexibility index (Phi) is 4.99. The number of hydrogen-bond acceptors (Lipinski definition) is 4. The second-order valence-electron chi connectivity index (χ2n) is 6.74. The van der Waals surface area contributed by atoms with Gasteiger partial charge in [0.05, 0.1) is 17.3 Å². The van der Waals surface area contributed by atoms with Gasteiger partial charge in [-0.05, 0) is 55.9 Å². The Balaban J connectivity index is 1.59. The number of fused-ring (bicyclic) bond motifs is 2. The van der Waals surface area contributed by atoms with Gasteiger partial charge in [0.1, 0.15) is 6.54 Å². The highest BCUT2D eigenvalue weighted by Gasteiger charge is 2.37. The molecule has 1 aliphatic heterocycles. The van der Waals surface area contributed by atoms with Crippen LogP contribution in [0.4, 0.5) is 17.1 Å². The van der Waals surface area contributed by atoms with E-state index >= 15 is 0 Å². The number of nitrogens with one attached hydrogen (secondary N) is 1. The SMILES string of the molecule is CSc1cccc(NC(=O)CN2C(=O)[C@@H]3CCCC3=Nc3ccccc32)c1. The van der Waals surface area contributed by atoms with Gasteiger partial charge < -0.3 is 10.2 Å². The zero-order chi connectivity index (χ0) is 18.8. The van der Waals surface area contributed by atoms with Crippen molar-refractivity contribution in [3.63, 3.8) is 0 Å². The number of amides is 2. The standard InChI is InChI=1S/C21H21N3O2S/c1-27-15-7-4-6-14(12-15)22-20(25)13-24-19-11-3-2-9-18(19)23-17-10-5-8-16(17)21(24)26/h2-4,6-7,9,11-12,16H,5,8,10,13H2,1H3,(H,22,25)/t16-/m1/s1. The fraction of sp³-hybridized carbons (Fsp3) is 0.286. The average molecular weight is 379 g/mol. The minimum absolute atomic E-state index is 0.0152. The summed E-state index contributed by atoms with van der Waals surface area (Å²) in [6.45, 7) is -0.0152. The molecule has 1 aliphatic carbocycles. The number of benzene rings is 2. The molecular weight excluding hydrogens is 358 g/mol. The highest BCUT2D eigenvalue weighted by molar-refractivity contribution is 7.98. The first-order chi connectivity index (χ1) is 13.2. The summed E-state index contributed by atoms with van der Waals surface area (Å²) in [5, 5.41) is 2.91. The van der Waals surface area contributed by atoms with Crippen LogP contribution in [0, 0.1) is 5.92 Å². The van der Waals surface area contributed by atoms with Crippen LogP contribution in [0.2, 0.25) is 0 Å². The smallest absolute Gasteiger partial charge is 0.244 e. The van der Waals surface area contributed by atoms with E-state index in [1.807, 2.05) is 54.8 Å². The maximum absolute atomic E-state index is 13.1. The molecule has 1 atom stereocenters. The number of carbonyl (C=O) groups is 2. The molecule has 1 saturated carbocycles. The molecular formula is C21H21N3O2S. The molecule has 0 unspecified atom stereocenters. The maximum Gasteiger partial charge on any atom is 0.244 e. The number of thioether (sulfide) groups is 1. The zero-order valence-electron chi connectivity index (χ0n) is 15.1. The van der Waals surface area contributed by atoms with Crippen LogP contribution in [0.25, 0.3) is 0 Å². The molecule has 2 amide bonds. The molecule has 1 N–H and O–H groups in total. The molecule has 2 aliphatic rings. The Bertz CT molecular complexity index is 925. The summed E-state index contributed by atoms with van der Waals surface area (Å²) in [5.41, 5.74) is 3.16. The third-order valence-electron chi connectivity index (χ3n) is 4.98. The van der Waals surface area contributed by atoms with E-state index in [-0.39, 0.29) is 24.3 Å². The molecule has 0 radical (unpaired) electrons. The van der Waals surface area contributed by atoms with E-state index in [0.29, 0.717) is 5.69 Å². The molecule has 2 aromatic rings. The summed E-state index contributed by atoms with van der Waals surface area (Å²) in [4.78, 5) is 33.2. The van der Waals surface area contributed by atoms with Crippen molar-refractivity contribution in [1.82, 2.24) is 0 Å². The van der Waals surface area contributed by atoms with E-state index in [9.17, 15) is 9.59 Å². The summed E-state index contributed by atoms with van der Waals surface area (Å²) in [6.07, 6.45) is 4.62. The van der Waals surface area contributed by atoms with Crippen molar-refractivity contribution in [3.05, 3.63) is 48.5 Å². The monoisotopic (exact) mass is 379 g/mol. The van der Waals surface area contributed by atoms with Crippen LogP contribution in [0.3, 0.4) is 0 Å². The first-order valence-electron chi connectivity index (χ1n) is 9.07. The molecule has 0 saturated heterocycles. The molecule has 0 spiro atoms. The number of carbonyl (C=O) groups excluding carboxylic acids is 2. The summed E-state index contributed by atoms with van der Waals surface area (Å²) < 4.78 is 0. The molecule has 2 aromatic carbocycles. The highest BCUT2D eigenvalue weighted by Crippen LogP contribution is 2.37. The first kappa shape index (κ1) is 17.8. The topological polar surface area (TPSA) is 61.8 Å². The number of anilines is 2. The number of hydrogen-bond donors (Lipinski definition) is 1. The van der Waals surface area contributed by atoms with Crippen LogP contribution >= 0.6 is 11.8 Å². The van der Waals surface area contributed by atoms with Crippen molar-refractivity contribution in [1.29, 1.82) is 0 Å². The van der Waals surface area contributed by atoms with E-state index in [4.69, 9.17) is 4.99 Å². The lowest BCUT2D eigenvalue weighted by Gasteiger charge is -2.24. The molecule has 1 fully saturated rings. The molecule has 6 heteroatoms. The van der Waals surface area contributed by atoms with Crippen molar-refractivity contribution in [3.8, 4) is 0 Å². The van der Waals surface area contributed by atoms with E-state index < -0.39 is 0 Å². The van der Waals surface area contributed by atoms with Gasteiger partial charge in [-0.25, -0.2) is 0 Å². The molecule has 0 bridgehead atoms. The number of rotatable bonds is 4. The normalized spacial score (nSPS) is 18.4. The van der Waals surface area contributed by atoms with Gasteiger partial charge in [0.25, 0.3) is 0 Å². The molecule has 27 heavy (non-hydrogen) atoms. The quantitative estimate of drug-likeness (QED) is 0.807. The van der Waals surface area contributed by atoms with Crippen molar-refractivity contribution in [2.24, 2.45) is 10.9 Å². The largest absolute Gasteiger partial charge is 0.324 e. The summed E-state index contributed by atoms with van der Waals surface area (Å²) >= 11 is 1.62. The third kappa shape index (κ3) is 3.62. The van der Waals surface area contributed by atoms with Gasteiger partial charge >= 0.3 is 0 Å². The highest BCUT2D eigenvalue weighted by atomic mass is 32.2. The van der Waals surface area contributed by atoms with Crippen LogP contribution in [0.15, 0.2) is 58.4 Å². The van der Waals surface area contributed by atoms with E-state index in [2.05, 4.69) is 5.32 Å². The summed E-state index contributed by atoms with van der Waals surface area (Å²) in [7, 11) is 0. The van der Waals surface area contributed by atoms with Crippen molar-refractivity contribution < 1.29 is 9.59 Å². The average Bonchev–Trinajstić information content (AvgIpc) is 3.11. The fourth-order valence-corrected chi connectivity index (χ4v) is 4.14. The Morgan fingerprint density at radius 1 is 1.26 bits per heavy atom. The second-order valence-corrected chi connectivity index (χ2v) is 7.62. The van der Waals surface area contributed by atoms with Crippen LogP contribution in [-0.2, 0) is 9.59 Å². The van der Waals surface area contributed by atoms with Gasteiger partial charge in [-0.2, -0.15) is 0 Å². The Labute approximate surface area is 162 Å². The van der Waals surface area contributed by atoms with E-state index in [0.717, 1.165) is 41.2 Å². The fourth-order valence-electron chi connectivity index (χ4n) is 3.68. The van der Waals surface area contributed by atoms with Crippen molar-refractivity contribution in [2.75, 3.05) is 23.0 Å². The summed E-state index contributed by atoms with van der Waals surface area (Å²) in [5.74, 6) is -0.438. The molecule has 1 heterocycles. The Morgan fingerprint density at radius 2 is 2.11 bits per heavy atom. The summed E-state index contributed by atoms with van der Waals surface area (Å²) in [6, 6.07) is 15.2. The van der Waals surface area contributed by atoms with Gasteiger partial charge in [0, 0.05) is 16.3 Å². The zero-order valence-corrected chi connectivity index (χ0v) is 16.0. The predicted octanol–water partition coefficient (Wildman–Crippen LogP) is 4.27. The van der Waals surface area contributed by atoms with E-state index in [1.165, 1.54) is 0 Å². The Morgan fingerprint density at radius 3 is 2.96 bits per heavy atom. The Hall–Kier alpha value is -2.60. The lowest BCUT2D eigenvalue weighted by molar-refractivity contribution is -0.122. The third-order valence-corrected chi connectivity index (χ3v) is 5.71. The lowest BCUT2D eigenvalue weighted by atomic mass is 10.1. The number of nitrogens with zero attached hydrogens (tertiary/aromatic N) is 2. The van der Waals surface area contributed by atoms with Gasteiger partial charge in [-0.1, -0.05) is 18.2 Å². The van der Waals surface area contributed by atoms with Crippen molar-refractivity contribution >= 4 is 46.4 Å². The van der Waals surface area contributed by atoms with Gasteiger partial charge in [-0.3, -0.25) is 14.6 Å². The minimum atomic E-state index is -0.210. The molecule has 0 aromatic heterocycles. The predicted molar refractivity (Wildman–Crippen MR) is 110 cm³/mol.